The number of aryl methyl sites for hydroxylation is 2. The topological polar surface area (TPSA) is 37.8 Å². The third-order valence-corrected chi connectivity index (χ3v) is 6.84. The zero-order chi connectivity index (χ0) is 23.0. The Hall–Kier alpha value is -1.77. The molecule has 0 saturated heterocycles. The first kappa shape index (κ1) is 26.5. The summed E-state index contributed by atoms with van der Waals surface area (Å²) in [5, 5.41) is 0. The molecule has 1 aromatic heterocycles. The smallest absolute Gasteiger partial charge is 0.309 e. The molecule has 0 unspecified atom stereocenters. The van der Waals surface area contributed by atoms with Crippen molar-refractivity contribution < 1.29 is 0 Å². The van der Waals surface area contributed by atoms with Gasteiger partial charge in [0.25, 0.3) is 0 Å². The minimum absolute atomic E-state index is 0.0465. The third-order valence-electron chi connectivity index (χ3n) is 6.84. The SMILES string of the molecule is CCCCCCCCCCCCCCCCCCc1ccc(-c2c(C)[nH]c(=O)n2C)cc1. The summed E-state index contributed by atoms with van der Waals surface area (Å²) in [4.78, 5) is 14.7. The van der Waals surface area contributed by atoms with Crippen LogP contribution in [-0.2, 0) is 13.5 Å². The Balaban J connectivity index is 1.44. The largest absolute Gasteiger partial charge is 0.325 e. The van der Waals surface area contributed by atoms with E-state index in [0.717, 1.165) is 23.4 Å². The van der Waals surface area contributed by atoms with E-state index in [1.807, 2.05) is 14.0 Å². The summed E-state index contributed by atoms with van der Waals surface area (Å²) in [6, 6.07) is 8.74. The Kier molecular flexibility index (Phi) is 13.2. The maximum atomic E-state index is 11.8. The van der Waals surface area contributed by atoms with Crippen LogP contribution < -0.4 is 5.69 Å². The van der Waals surface area contributed by atoms with E-state index < -0.39 is 0 Å². The average molecular weight is 441 g/mol. The second kappa shape index (κ2) is 15.9. The summed E-state index contributed by atoms with van der Waals surface area (Å²) in [6.07, 6.45) is 23.8. The number of imidazole rings is 1. The van der Waals surface area contributed by atoms with Crippen LogP contribution >= 0.6 is 0 Å². The van der Waals surface area contributed by atoms with Gasteiger partial charge in [0.2, 0.25) is 0 Å². The first-order valence-corrected chi connectivity index (χ1v) is 13.5. The number of rotatable bonds is 18. The van der Waals surface area contributed by atoms with Gasteiger partial charge in [-0.15, -0.1) is 0 Å². The van der Waals surface area contributed by atoms with Crippen molar-refractivity contribution in [3.8, 4) is 11.3 Å². The van der Waals surface area contributed by atoms with Crippen molar-refractivity contribution in [2.75, 3.05) is 0 Å². The van der Waals surface area contributed by atoms with Crippen LogP contribution in [-0.4, -0.2) is 9.55 Å². The molecule has 0 amide bonds. The van der Waals surface area contributed by atoms with Crippen LogP contribution in [0.15, 0.2) is 29.1 Å². The molecule has 0 fully saturated rings. The van der Waals surface area contributed by atoms with Crippen LogP contribution in [0.2, 0.25) is 0 Å². The summed E-state index contributed by atoms with van der Waals surface area (Å²) in [7, 11) is 1.82. The van der Waals surface area contributed by atoms with Gasteiger partial charge in [0.05, 0.1) is 5.69 Å². The van der Waals surface area contributed by atoms with Gasteiger partial charge in [0.15, 0.2) is 0 Å². The summed E-state index contributed by atoms with van der Waals surface area (Å²) >= 11 is 0. The number of nitrogens with one attached hydrogen (secondary N) is 1. The van der Waals surface area contributed by atoms with Crippen molar-refractivity contribution in [3.05, 3.63) is 46.0 Å². The van der Waals surface area contributed by atoms with Crippen LogP contribution in [0.1, 0.15) is 121 Å². The van der Waals surface area contributed by atoms with E-state index in [2.05, 4.69) is 36.2 Å². The Labute approximate surface area is 197 Å². The number of unbranched alkanes of at least 4 members (excludes halogenated alkanes) is 15. The number of H-pyrrole nitrogens is 1. The maximum absolute atomic E-state index is 11.8. The lowest BCUT2D eigenvalue weighted by atomic mass is 10.0. The van der Waals surface area contributed by atoms with Crippen molar-refractivity contribution >= 4 is 0 Å². The van der Waals surface area contributed by atoms with Crippen molar-refractivity contribution in [1.82, 2.24) is 9.55 Å². The molecule has 3 heteroatoms. The van der Waals surface area contributed by atoms with Crippen molar-refractivity contribution in [1.29, 1.82) is 0 Å². The highest BCUT2D eigenvalue weighted by Crippen LogP contribution is 2.22. The van der Waals surface area contributed by atoms with Gasteiger partial charge in [-0.25, -0.2) is 4.79 Å². The van der Waals surface area contributed by atoms with Gasteiger partial charge in [-0.05, 0) is 25.3 Å². The number of hydrogen-bond acceptors (Lipinski definition) is 1. The predicted octanol–water partition coefficient (Wildman–Crippen LogP) is 8.49. The fraction of sp³-hybridized carbons (Fsp3) is 0.690. The number of benzene rings is 1. The molecule has 0 aliphatic rings. The average Bonchev–Trinajstić information content (AvgIpc) is 3.05. The lowest BCUT2D eigenvalue weighted by Gasteiger charge is -2.07. The Morgan fingerprint density at radius 3 is 1.53 bits per heavy atom. The van der Waals surface area contributed by atoms with Gasteiger partial charge < -0.3 is 4.98 Å². The first-order chi connectivity index (χ1) is 15.6. The molecular weight excluding hydrogens is 392 g/mol. The number of nitrogens with zero attached hydrogens (tertiary/aromatic N) is 1. The van der Waals surface area contributed by atoms with Gasteiger partial charge in [-0.1, -0.05) is 128 Å². The predicted molar refractivity (Wildman–Crippen MR) is 139 cm³/mol. The zero-order valence-electron chi connectivity index (χ0n) is 21.2. The van der Waals surface area contributed by atoms with E-state index >= 15 is 0 Å². The lowest BCUT2D eigenvalue weighted by Crippen LogP contribution is -2.13. The van der Waals surface area contributed by atoms with Crippen LogP contribution in [0.3, 0.4) is 0 Å². The molecule has 1 heterocycles. The van der Waals surface area contributed by atoms with Crippen LogP contribution in [0.4, 0.5) is 0 Å². The monoisotopic (exact) mass is 440 g/mol. The minimum atomic E-state index is -0.0465. The zero-order valence-corrected chi connectivity index (χ0v) is 21.2. The molecule has 2 rings (SSSR count). The first-order valence-electron chi connectivity index (χ1n) is 13.5. The molecule has 0 spiro atoms. The molecule has 2 aromatic rings. The molecule has 0 radical (unpaired) electrons. The number of hydrogen-bond donors (Lipinski definition) is 1. The Morgan fingerprint density at radius 1 is 0.688 bits per heavy atom. The summed E-state index contributed by atoms with van der Waals surface area (Å²) in [6.45, 7) is 4.25. The standard InChI is InChI=1S/C29H48N2O/c1-4-5-6-7-8-9-10-11-12-13-14-15-16-17-18-19-20-26-21-23-27(24-22-26)28-25(2)30-29(32)31(28)3/h21-24H,4-20H2,1-3H3,(H,30,32). The quantitative estimate of drug-likeness (QED) is 0.232. The molecule has 3 nitrogen and oxygen atoms in total. The lowest BCUT2D eigenvalue weighted by molar-refractivity contribution is 0.529. The molecule has 0 saturated carbocycles. The van der Waals surface area contributed by atoms with Crippen LogP contribution in [0.5, 0.6) is 0 Å². The van der Waals surface area contributed by atoms with Crippen molar-refractivity contribution in [2.45, 2.75) is 123 Å². The number of aromatic amines is 1. The molecule has 1 aromatic carbocycles. The fourth-order valence-electron chi connectivity index (χ4n) is 4.77. The molecule has 0 bridgehead atoms. The van der Waals surface area contributed by atoms with E-state index in [9.17, 15) is 4.79 Å². The summed E-state index contributed by atoms with van der Waals surface area (Å²) in [5.74, 6) is 0. The van der Waals surface area contributed by atoms with E-state index in [1.165, 1.54) is 108 Å². The second-order valence-electron chi connectivity index (χ2n) is 9.71. The highest BCUT2D eigenvalue weighted by Gasteiger charge is 2.09. The molecular formula is C29H48N2O. The maximum Gasteiger partial charge on any atom is 0.325 e. The highest BCUT2D eigenvalue weighted by molar-refractivity contribution is 5.62. The van der Waals surface area contributed by atoms with E-state index in [-0.39, 0.29) is 5.69 Å². The fourth-order valence-corrected chi connectivity index (χ4v) is 4.77. The summed E-state index contributed by atoms with van der Waals surface area (Å²) < 4.78 is 1.69. The van der Waals surface area contributed by atoms with Crippen molar-refractivity contribution in [2.24, 2.45) is 7.05 Å². The van der Waals surface area contributed by atoms with Gasteiger partial charge in [-0.3, -0.25) is 4.57 Å². The minimum Gasteiger partial charge on any atom is -0.309 e. The highest BCUT2D eigenvalue weighted by atomic mass is 16.1. The van der Waals surface area contributed by atoms with E-state index in [0.29, 0.717) is 0 Å². The second-order valence-corrected chi connectivity index (χ2v) is 9.71. The van der Waals surface area contributed by atoms with Gasteiger partial charge >= 0.3 is 5.69 Å². The normalized spacial score (nSPS) is 11.3. The van der Waals surface area contributed by atoms with Crippen LogP contribution in [0, 0.1) is 6.92 Å². The molecule has 0 atom stereocenters. The number of aromatic nitrogens is 2. The van der Waals surface area contributed by atoms with E-state index in [4.69, 9.17) is 0 Å². The van der Waals surface area contributed by atoms with Gasteiger partial charge in [0, 0.05) is 18.3 Å². The van der Waals surface area contributed by atoms with Gasteiger partial charge in [-0.2, -0.15) is 0 Å². The molecule has 1 N–H and O–H groups in total. The Bertz CT molecular complexity index is 784. The van der Waals surface area contributed by atoms with Crippen molar-refractivity contribution in [3.63, 3.8) is 0 Å². The van der Waals surface area contributed by atoms with Crippen LogP contribution in [0.25, 0.3) is 11.3 Å². The molecule has 180 valence electrons. The molecule has 0 aliphatic carbocycles. The third kappa shape index (κ3) is 9.79. The molecule has 0 aliphatic heterocycles. The molecule has 32 heavy (non-hydrogen) atoms. The van der Waals surface area contributed by atoms with Gasteiger partial charge in [0.1, 0.15) is 0 Å². The van der Waals surface area contributed by atoms with E-state index in [1.54, 1.807) is 4.57 Å². The Morgan fingerprint density at radius 2 is 1.12 bits per heavy atom. The summed E-state index contributed by atoms with van der Waals surface area (Å²) in [5.41, 5.74) is 4.39.